The zero-order valence-electron chi connectivity index (χ0n) is 18.8. The molecule has 0 N–H and O–H groups in total. The quantitative estimate of drug-likeness (QED) is 0.590. The number of benzene rings is 2. The average Bonchev–Trinajstić information content (AvgIpc) is 3.34. The topological polar surface area (TPSA) is 37.4 Å². The van der Waals surface area contributed by atoms with Crippen LogP contribution in [-0.4, -0.2) is 29.7 Å². The van der Waals surface area contributed by atoms with E-state index >= 15 is 0 Å². The van der Waals surface area contributed by atoms with Gasteiger partial charge in [-0.3, -0.25) is 9.59 Å². The van der Waals surface area contributed by atoms with Crippen LogP contribution in [0, 0.1) is 11.8 Å². The van der Waals surface area contributed by atoms with Gasteiger partial charge in [-0.25, -0.2) is 0 Å². The highest BCUT2D eigenvalue weighted by Crippen LogP contribution is 2.35. The molecule has 31 heavy (non-hydrogen) atoms. The van der Waals surface area contributed by atoms with Crippen molar-refractivity contribution in [2.75, 3.05) is 13.1 Å². The van der Waals surface area contributed by atoms with Crippen LogP contribution in [0.3, 0.4) is 0 Å². The molecule has 3 nitrogen and oxygen atoms in total. The molecule has 2 fully saturated rings. The number of piperidine rings is 1. The molecule has 1 aliphatic carbocycles. The summed E-state index contributed by atoms with van der Waals surface area (Å²) in [5.41, 5.74) is 3.73. The molecule has 2 atom stereocenters. The van der Waals surface area contributed by atoms with Gasteiger partial charge in [0.25, 0.3) is 0 Å². The Morgan fingerprint density at radius 3 is 2.29 bits per heavy atom. The second-order valence-electron chi connectivity index (χ2n) is 9.52. The lowest BCUT2D eigenvalue weighted by Crippen LogP contribution is -2.45. The molecular weight excluding hydrogens is 382 g/mol. The standard InChI is InChI=1S/C28H35NO2/c1-2-21-12-14-24(15-13-21)26-16-23(18-27(30)17-22-8-4-3-5-9-22)19-29(20-26)28(31)25-10-6-7-11-25/h3-5,8-9,12-15,23,25-26H,2,6-7,10-11,16-20H2,1H3. The number of aryl methyl sites for hydroxylation is 1. The Morgan fingerprint density at radius 1 is 0.903 bits per heavy atom. The first-order valence-electron chi connectivity index (χ1n) is 12.1. The van der Waals surface area contributed by atoms with Gasteiger partial charge in [-0.1, -0.05) is 74.4 Å². The van der Waals surface area contributed by atoms with Crippen molar-refractivity contribution in [1.29, 1.82) is 0 Å². The van der Waals surface area contributed by atoms with Gasteiger partial charge in [-0.2, -0.15) is 0 Å². The van der Waals surface area contributed by atoms with Crippen LogP contribution >= 0.6 is 0 Å². The lowest BCUT2D eigenvalue weighted by molar-refractivity contribution is -0.138. The molecule has 0 bridgehead atoms. The van der Waals surface area contributed by atoms with Crippen LogP contribution in [0.1, 0.15) is 68.1 Å². The Bertz CT molecular complexity index is 868. The number of ketones is 1. The van der Waals surface area contributed by atoms with Crippen LogP contribution in [0.5, 0.6) is 0 Å². The fraction of sp³-hybridized carbons (Fsp3) is 0.500. The first-order valence-corrected chi connectivity index (χ1v) is 12.1. The molecule has 4 rings (SSSR count). The number of rotatable bonds is 7. The highest BCUT2D eigenvalue weighted by atomic mass is 16.2. The molecule has 164 valence electrons. The van der Waals surface area contributed by atoms with Crippen molar-refractivity contribution in [3.05, 3.63) is 71.3 Å². The Hall–Kier alpha value is -2.42. The molecule has 0 radical (unpaired) electrons. The summed E-state index contributed by atoms with van der Waals surface area (Å²) in [4.78, 5) is 28.2. The van der Waals surface area contributed by atoms with E-state index in [2.05, 4.69) is 36.1 Å². The predicted octanol–water partition coefficient (Wildman–Crippen LogP) is 5.57. The van der Waals surface area contributed by atoms with E-state index in [-0.39, 0.29) is 17.6 Å². The molecule has 1 heterocycles. The first-order chi connectivity index (χ1) is 15.1. The molecule has 3 heteroatoms. The van der Waals surface area contributed by atoms with Crippen LogP contribution in [0.25, 0.3) is 0 Å². The summed E-state index contributed by atoms with van der Waals surface area (Å²) >= 11 is 0. The van der Waals surface area contributed by atoms with Crippen LogP contribution in [0.15, 0.2) is 54.6 Å². The lowest BCUT2D eigenvalue weighted by Gasteiger charge is -2.39. The molecule has 1 saturated heterocycles. The summed E-state index contributed by atoms with van der Waals surface area (Å²) in [5, 5.41) is 0. The molecule has 0 spiro atoms. The van der Waals surface area contributed by atoms with Crippen molar-refractivity contribution in [2.24, 2.45) is 11.8 Å². The third-order valence-electron chi connectivity index (χ3n) is 7.17. The van der Waals surface area contributed by atoms with Gasteiger partial charge in [0.15, 0.2) is 0 Å². The van der Waals surface area contributed by atoms with E-state index in [1.165, 1.54) is 24.0 Å². The summed E-state index contributed by atoms with van der Waals surface area (Å²) in [6.45, 7) is 3.70. The Balaban J connectivity index is 1.47. The average molecular weight is 418 g/mol. The minimum absolute atomic E-state index is 0.196. The third kappa shape index (κ3) is 5.64. The zero-order chi connectivity index (χ0) is 21.6. The van der Waals surface area contributed by atoms with Crippen molar-refractivity contribution in [1.82, 2.24) is 4.90 Å². The van der Waals surface area contributed by atoms with Gasteiger partial charge in [0.05, 0.1) is 0 Å². The smallest absolute Gasteiger partial charge is 0.225 e. The number of carbonyl (C=O) groups excluding carboxylic acids is 2. The largest absolute Gasteiger partial charge is 0.342 e. The maximum absolute atomic E-state index is 13.2. The number of hydrogen-bond donors (Lipinski definition) is 0. The van der Waals surface area contributed by atoms with Crippen molar-refractivity contribution in [3.63, 3.8) is 0 Å². The molecule has 2 aromatic carbocycles. The maximum Gasteiger partial charge on any atom is 0.225 e. The normalized spacial score (nSPS) is 21.9. The highest BCUT2D eigenvalue weighted by molar-refractivity contribution is 5.82. The number of Topliss-reactive ketones (excluding diaryl/α,β-unsaturated/α-hetero) is 1. The predicted molar refractivity (Wildman–Crippen MR) is 125 cm³/mol. The van der Waals surface area contributed by atoms with Crippen LogP contribution in [0.2, 0.25) is 0 Å². The number of likely N-dealkylation sites (tertiary alicyclic amines) is 1. The van der Waals surface area contributed by atoms with Gasteiger partial charge in [0.1, 0.15) is 5.78 Å². The molecular formula is C28H35NO2. The minimum atomic E-state index is 0.196. The Morgan fingerprint density at radius 2 is 1.61 bits per heavy atom. The number of carbonyl (C=O) groups is 2. The van der Waals surface area contributed by atoms with E-state index in [1.807, 2.05) is 30.3 Å². The summed E-state index contributed by atoms with van der Waals surface area (Å²) in [6.07, 6.45) is 7.48. The van der Waals surface area contributed by atoms with Gasteiger partial charge in [0.2, 0.25) is 5.91 Å². The summed E-state index contributed by atoms with van der Waals surface area (Å²) in [7, 11) is 0. The second kappa shape index (κ2) is 10.3. The van der Waals surface area contributed by atoms with Crippen molar-refractivity contribution < 1.29 is 9.59 Å². The molecule has 1 amide bonds. The van der Waals surface area contributed by atoms with Gasteiger partial charge in [-0.05, 0) is 48.3 Å². The van der Waals surface area contributed by atoms with Crippen molar-refractivity contribution >= 4 is 11.7 Å². The Kier molecular flexibility index (Phi) is 7.21. The van der Waals surface area contributed by atoms with Crippen LogP contribution < -0.4 is 0 Å². The summed E-state index contributed by atoms with van der Waals surface area (Å²) < 4.78 is 0. The molecule has 1 saturated carbocycles. The summed E-state index contributed by atoms with van der Waals surface area (Å²) in [6, 6.07) is 18.9. The van der Waals surface area contributed by atoms with Gasteiger partial charge < -0.3 is 4.90 Å². The van der Waals surface area contributed by atoms with E-state index in [4.69, 9.17) is 0 Å². The highest BCUT2D eigenvalue weighted by Gasteiger charge is 2.35. The number of amides is 1. The van der Waals surface area contributed by atoms with Crippen molar-refractivity contribution in [2.45, 2.75) is 64.2 Å². The van der Waals surface area contributed by atoms with E-state index in [9.17, 15) is 9.59 Å². The Labute approximate surface area is 186 Å². The SMILES string of the molecule is CCc1ccc(C2CC(CC(=O)Cc3ccccc3)CN(C(=O)C3CCCC3)C2)cc1. The molecule has 0 aromatic heterocycles. The lowest BCUT2D eigenvalue weighted by atomic mass is 9.81. The molecule has 2 unspecified atom stereocenters. The fourth-order valence-corrected chi connectivity index (χ4v) is 5.45. The third-order valence-corrected chi connectivity index (χ3v) is 7.17. The van der Waals surface area contributed by atoms with Gasteiger partial charge in [-0.15, -0.1) is 0 Å². The zero-order valence-corrected chi connectivity index (χ0v) is 18.8. The van der Waals surface area contributed by atoms with Crippen LogP contribution in [0.4, 0.5) is 0 Å². The molecule has 2 aliphatic rings. The molecule has 1 aliphatic heterocycles. The molecule has 2 aromatic rings. The van der Waals surface area contributed by atoms with Crippen molar-refractivity contribution in [3.8, 4) is 0 Å². The van der Waals surface area contributed by atoms with Crippen LogP contribution in [-0.2, 0) is 22.4 Å². The fourth-order valence-electron chi connectivity index (χ4n) is 5.45. The van der Waals surface area contributed by atoms with Gasteiger partial charge in [0, 0.05) is 37.8 Å². The van der Waals surface area contributed by atoms with Gasteiger partial charge >= 0.3 is 0 Å². The minimum Gasteiger partial charge on any atom is -0.342 e. The maximum atomic E-state index is 13.2. The summed E-state index contributed by atoms with van der Waals surface area (Å²) in [5.74, 6) is 1.37. The van der Waals surface area contributed by atoms with E-state index in [1.54, 1.807) is 0 Å². The second-order valence-corrected chi connectivity index (χ2v) is 9.52. The van der Waals surface area contributed by atoms with E-state index in [0.717, 1.165) is 44.3 Å². The van der Waals surface area contributed by atoms with E-state index < -0.39 is 0 Å². The number of nitrogens with zero attached hydrogens (tertiary/aromatic N) is 1. The monoisotopic (exact) mass is 417 g/mol. The first kappa shape index (κ1) is 21.8. The number of hydrogen-bond acceptors (Lipinski definition) is 2. The van der Waals surface area contributed by atoms with E-state index in [0.29, 0.717) is 24.7 Å².